The molecule has 2 saturated heterocycles. The molecule has 0 unspecified atom stereocenters. The van der Waals surface area contributed by atoms with Gasteiger partial charge in [-0.1, -0.05) is 0 Å². The topological polar surface area (TPSA) is 127 Å². The van der Waals surface area contributed by atoms with Crippen molar-refractivity contribution < 1.29 is 19.1 Å². The molecule has 240 valence electrons. The van der Waals surface area contributed by atoms with E-state index in [1.165, 1.54) is 0 Å². The van der Waals surface area contributed by atoms with E-state index in [0.717, 1.165) is 54.5 Å². The molecule has 1 aromatic heterocycles. The van der Waals surface area contributed by atoms with Gasteiger partial charge in [0.1, 0.15) is 17.3 Å². The predicted molar refractivity (Wildman–Crippen MR) is 177 cm³/mol. The van der Waals surface area contributed by atoms with E-state index >= 15 is 0 Å². The summed E-state index contributed by atoms with van der Waals surface area (Å²) in [6.07, 6.45) is 1.77. The molecule has 0 radical (unpaired) electrons. The van der Waals surface area contributed by atoms with E-state index < -0.39 is 0 Å². The van der Waals surface area contributed by atoms with E-state index in [4.69, 9.17) is 14.5 Å². The molecule has 0 saturated carbocycles. The van der Waals surface area contributed by atoms with Crippen LogP contribution in [0.4, 0.5) is 39.3 Å². The lowest BCUT2D eigenvalue weighted by Gasteiger charge is -2.36. The number of hydrogen-bond acceptors (Lipinski definition) is 10. The third kappa shape index (κ3) is 7.41. The summed E-state index contributed by atoms with van der Waals surface area (Å²) < 4.78 is 11.5. The van der Waals surface area contributed by atoms with Crippen molar-refractivity contribution in [3.63, 3.8) is 0 Å². The normalized spacial score (nSPS) is 15.0. The molecule has 3 N–H and O–H groups in total. The van der Waals surface area contributed by atoms with Crippen LogP contribution in [-0.2, 0) is 4.79 Å². The Morgan fingerprint density at radius 2 is 1.33 bits per heavy atom. The Hall–Kier alpha value is -4.94. The fourth-order valence-corrected chi connectivity index (χ4v) is 5.55. The SMILES string of the molecule is CCNC(=O)N1CCN(c2ccc(Nc3ncc(C)c(Nc4ccc(N5CCN(C(C)=O)CC5)cc4OC)n3)c(OC)c2)CC1. The molecule has 3 heterocycles. The molecular formula is C32H43N9O4. The minimum Gasteiger partial charge on any atom is -0.494 e. The number of aromatic nitrogens is 2. The zero-order valence-corrected chi connectivity index (χ0v) is 26.7. The molecule has 13 heteroatoms. The van der Waals surface area contributed by atoms with Gasteiger partial charge in [0.15, 0.2) is 0 Å². The number of urea groups is 1. The van der Waals surface area contributed by atoms with Crippen LogP contribution in [0.2, 0.25) is 0 Å². The lowest BCUT2D eigenvalue weighted by molar-refractivity contribution is -0.129. The minimum absolute atomic E-state index is 0.0163. The number of anilines is 6. The van der Waals surface area contributed by atoms with E-state index in [9.17, 15) is 9.59 Å². The van der Waals surface area contributed by atoms with Crippen LogP contribution in [0.3, 0.4) is 0 Å². The van der Waals surface area contributed by atoms with Gasteiger partial charge in [-0.3, -0.25) is 4.79 Å². The van der Waals surface area contributed by atoms with Gasteiger partial charge in [-0.15, -0.1) is 0 Å². The summed E-state index contributed by atoms with van der Waals surface area (Å²) >= 11 is 0. The molecule has 13 nitrogen and oxygen atoms in total. The molecule has 45 heavy (non-hydrogen) atoms. The maximum absolute atomic E-state index is 12.2. The lowest BCUT2D eigenvalue weighted by atomic mass is 10.2. The van der Waals surface area contributed by atoms with Crippen LogP contribution in [0.5, 0.6) is 11.5 Å². The van der Waals surface area contributed by atoms with Crippen LogP contribution >= 0.6 is 0 Å². The summed E-state index contributed by atoms with van der Waals surface area (Å²) in [5.41, 5.74) is 4.47. The smallest absolute Gasteiger partial charge is 0.317 e. The molecule has 0 aliphatic carbocycles. The quantitative estimate of drug-likeness (QED) is 0.326. The first-order chi connectivity index (χ1) is 21.8. The summed E-state index contributed by atoms with van der Waals surface area (Å²) in [5, 5.41) is 9.58. The van der Waals surface area contributed by atoms with Gasteiger partial charge in [-0.25, -0.2) is 9.78 Å². The van der Waals surface area contributed by atoms with E-state index in [-0.39, 0.29) is 11.9 Å². The zero-order valence-electron chi connectivity index (χ0n) is 26.7. The molecule has 2 fully saturated rings. The van der Waals surface area contributed by atoms with Gasteiger partial charge in [0.2, 0.25) is 11.9 Å². The number of hydrogen-bond donors (Lipinski definition) is 3. The predicted octanol–water partition coefficient (Wildman–Crippen LogP) is 3.81. The average Bonchev–Trinajstić information content (AvgIpc) is 3.06. The Morgan fingerprint density at radius 1 is 0.800 bits per heavy atom. The van der Waals surface area contributed by atoms with Gasteiger partial charge >= 0.3 is 6.03 Å². The molecule has 0 bridgehead atoms. The molecule has 0 atom stereocenters. The second-order valence-electron chi connectivity index (χ2n) is 11.0. The Bertz CT molecular complexity index is 1500. The number of amides is 3. The van der Waals surface area contributed by atoms with Gasteiger partial charge in [-0.05, 0) is 38.1 Å². The number of carbonyl (C=O) groups is 2. The highest BCUT2D eigenvalue weighted by Gasteiger charge is 2.22. The molecule has 5 rings (SSSR count). The van der Waals surface area contributed by atoms with Gasteiger partial charge in [0.05, 0.1) is 25.6 Å². The van der Waals surface area contributed by atoms with Crippen LogP contribution < -0.4 is 35.2 Å². The highest BCUT2D eigenvalue weighted by molar-refractivity contribution is 5.75. The maximum atomic E-state index is 12.2. The number of carbonyl (C=O) groups excluding carboxylic acids is 2. The van der Waals surface area contributed by atoms with Crippen molar-refractivity contribution in [2.75, 3.05) is 93.6 Å². The Balaban J connectivity index is 1.26. The van der Waals surface area contributed by atoms with Crippen LogP contribution in [0.1, 0.15) is 19.4 Å². The maximum Gasteiger partial charge on any atom is 0.317 e. The highest BCUT2D eigenvalue weighted by atomic mass is 16.5. The number of rotatable bonds is 9. The van der Waals surface area contributed by atoms with Crippen LogP contribution in [0.15, 0.2) is 42.6 Å². The van der Waals surface area contributed by atoms with E-state index in [1.807, 2.05) is 54.0 Å². The van der Waals surface area contributed by atoms with Gasteiger partial charge in [0, 0.05) is 101 Å². The molecule has 2 aliphatic heterocycles. The fourth-order valence-electron chi connectivity index (χ4n) is 5.55. The lowest BCUT2D eigenvalue weighted by Crippen LogP contribution is -2.51. The number of nitrogens with zero attached hydrogens (tertiary/aromatic N) is 6. The summed E-state index contributed by atoms with van der Waals surface area (Å²) in [4.78, 5) is 41.4. The number of ether oxygens (including phenoxy) is 2. The molecular weight excluding hydrogens is 574 g/mol. The van der Waals surface area contributed by atoms with Gasteiger partial charge < -0.3 is 45.0 Å². The van der Waals surface area contributed by atoms with E-state index in [2.05, 4.69) is 36.8 Å². The van der Waals surface area contributed by atoms with Crippen molar-refractivity contribution in [1.29, 1.82) is 0 Å². The average molecular weight is 618 g/mol. The summed E-state index contributed by atoms with van der Waals surface area (Å²) in [7, 11) is 3.29. The first-order valence-corrected chi connectivity index (χ1v) is 15.3. The first kappa shape index (κ1) is 31.5. The number of piperazine rings is 2. The largest absolute Gasteiger partial charge is 0.494 e. The summed E-state index contributed by atoms with van der Waals surface area (Å²) in [6.45, 7) is 11.9. The van der Waals surface area contributed by atoms with Gasteiger partial charge in [0.25, 0.3) is 0 Å². The molecule has 2 aliphatic rings. The Kier molecular flexibility index (Phi) is 9.95. The van der Waals surface area contributed by atoms with Crippen molar-refractivity contribution in [3.8, 4) is 11.5 Å². The minimum atomic E-state index is -0.0163. The molecule has 3 amide bonds. The third-order valence-corrected chi connectivity index (χ3v) is 8.19. The van der Waals surface area contributed by atoms with E-state index in [0.29, 0.717) is 56.0 Å². The van der Waals surface area contributed by atoms with Gasteiger partial charge in [-0.2, -0.15) is 4.98 Å². The summed E-state index contributed by atoms with van der Waals surface area (Å²) in [5.74, 6) is 2.54. The van der Waals surface area contributed by atoms with Crippen molar-refractivity contribution >= 4 is 46.5 Å². The van der Waals surface area contributed by atoms with Crippen LogP contribution in [0, 0.1) is 6.92 Å². The van der Waals surface area contributed by atoms with Crippen molar-refractivity contribution in [1.82, 2.24) is 25.1 Å². The third-order valence-electron chi connectivity index (χ3n) is 8.19. The monoisotopic (exact) mass is 617 g/mol. The van der Waals surface area contributed by atoms with E-state index in [1.54, 1.807) is 27.3 Å². The van der Waals surface area contributed by atoms with Crippen molar-refractivity contribution in [2.24, 2.45) is 0 Å². The first-order valence-electron chi connectivity index (χ1n) is 15.3. The van der Waals surface area contributed by atoms with Crippen molar-refractivity contribution in [2.45, 2.75) is 20.8 Å². The highest BCUT2D eigenvalue weighted by Crippen LogP contribution is 2.35. The molecule has 2 aromatic carbocycles. The Labute approximate surface area is 264 Å². The fraction of sp³-hybridized carbons (Fsp3) is 0.438. The second kappa shape index (κ2) is 14.2. The molecule has 3 aromatic rings. The number of methoxy groups -OCH3 is 2. The second-order valence-corrected chi connectivity index (χ2v) is 11.0. The summed E-state index contributed by atoms with van der Waals surface area (Å²) in [6, 6.07) is 12.0. The number of nitrogens with one attached hydrogen (secondary N) is 3. The Morgan fingerprint density at radius 3 is 1.84 bits per heavy atom. The standard InChI is InChI=1S/C32H43N9O4/c1-6-33-32(43)41-17-15-40(16-18-41)25-8-10-27(29(20-25)45-5)36-31-34-21-22(2)30(37-31)35-26-9-7-24(19-28(26)44-4)39-13-11-38(12-14-39)23(3)42/h7-10,19-21H,6,11-18H2,1-5H3,(H,33,43)(H2,34,35,36,37). The zero-order chi connectivity index (χ0) is 31.9. The van der Waals surface area contributed by atoms with Crippen LogP contribution in [0.25, 0.3) is 0 Å². The van der Waals surface area contributed by atoms with Crippen molar-refractivity contribution in [3.05, 3.63) is 48.2 Å². The molecule has 0 spiro atoms. The van der Waals surface area contributed by atoms with Crippen LogP contribution in [-0.4, -0.2) is 105 Å². The number of benzene rings is 2. The number of aryl methyl sites for hydroxylation is 1.